The van der Waals surface area contributed by atoms with Crippen molar-refractivity contribution in [1.29, 1.82) is 0 Å². The number of nitrogens with one attached hydrogen (secondary N) is 1. The molecule has 2 heterocycles. The molecule has 0 aromatic carbocycles. The van der Waals surface area contributed by atoms with Gasteiger partial charge in [-0.3, -0.25) is 0 Å². The Morgan fingerprint density at radius 2 is 2.47 bits per heavy atom. The van der Waals surface area contributed by atoms with E-state index in [9.17, 15) is 0 Å². The summed E-state index contributed by atoms with van der Waals surface area (Å²) in [6, 6.07) is 5.06. The summed E-state index contributed by atoms with van der Waals surface area (Å²) in [6.07, 6.45) is 7.59. The predicted molar refractivity (Wildman–Crippen MR) is 82.9 cm³/mol. The fourth-order valence-electron chi connectivity index (χ4n) is 2.87. The zero-order valence-corrected chi connectivity index (χ0v) is 12.9. The second-order valence-corrected chi connectivity index (χ2v) is 6.54. The highest BCUT2D eigenvalue weighted by Crippen LogP contribution is 2.22. The Labute approximate surface area is 121 Å². The molecular formula is C16H27NOS. The number of hydrogen-bond acceptors (Lipinski definition) is 3. The summed E-state index contributed by atoms with van der Waals surface area (Å²) in [6.45, 7) is 5.31. The average molecular weight is 281 g/mol. The van der Waals surface area contributed by atoms with Gasteiger partial charge in [0.1, 0.15) is 0 Å². The molecule has 1 aliphatic heterocycles. The van der Waals surface area contributed by atoms with Crippen molar-refractivity contribution in [3.8, 4) is 0 Å². The van der Waals surface area contributed by atoms with Crippen molar-refractivity contribution < 1.29 is 4.74 Å². The summed E-state index contributed by atoms with van der Waals surface area (Å²) in [5, 5.41) is 5.92. The number of aryl methyl sites for hydroxylation is 1. The minimum absolute atomic E-state index is 0.653. The number of thiophene rings is 1. The molecule has 1 fully saturated rings. The van der Waals surface area contributed by atoms with Crippen LogP contribution in [0, 0.1) is 5.92 Å². The van der Waals surface area contributed by atoms with E-state index in [1.165, 1.54) is 43.4 Å². The van der Waals surface area contributed by atoms with Gasteiger partial charge in [0.05, 0.1) is 6.61 Å². The molecule has 0 spiro atoms. The van der Waals surface area contributed by atoms with Gasteiger partial charge < -0.3 is 10.1 Å². The van der Waals surface area contributed by atoms with Gasteiger partial charge in [-0.2, -0.15) is 0 Å². The first-order valence-electron chi connectivity index (χ1n) is 7.73. The first kappa shape index (κ1) is 15.0. The number of rotatable bonds is 8. The Bertz CT molecular complexity index is 319. The van der Waals surface area contributed by atoms with Crippen molar-refractivity contribution in [2.45, 2.75) is 51.5 Å². The molecule has 2 nitrogen and oxygen atoms in total. The monoisotopic (exact) mass is 281 g/mol. The lowest BCUT2D eigenvalue weighted by molar-refractivity contribution is 0.0377. The third kappa shape index (κ3) is 5.25. The van der Waals surface area contributed by atoms with Gasteiger partial charge in [-0.25, -0.2) is 0 Å². The van der Waals surface area contributed by atoms with Crippen LogP contribution in [0.3, 0.4) is 0 Å². The van der Waals surface area contributed by atoms with E-state index in [1.54, 1.807) is 0 Å². The van der Waals surface area contributed by atoms with Gasteiger partial charge >= 0.3 is 0 Å². The van der Waals surface area contributed by atoms with Crippen LogP contribution >= 0.6 is 11.3 Å². The van der Waals surface area contributed by atoms with Gasteiger partial charge in [0.25, 0.3) is 0 Å². The second-order valence-electron chi connectivity index (χ2n) is 5.51. The quantitative estimate of drug-likeness (QED) is 0.781. The van der Waals surface area contributed by atoms with Gasteiger partial charge in [0.2, 0.25) is 0 Å². The Morgan fingerprint density at radius 3 is 3.16 bits per heavy atom. The van der Waals surface area contributed by atoms with Gasteiger partial charge in [0.15, 0.2) is 0 Å². The fraction of sp³-hybridized carbons (Fsp3) is 0.750. The first-order valence-corrected chi connectivity index (χ1v) is 8.61. The molecule has 2 atom stereocenters. The van der Waals surface area contributed by atoms with Crippen molar-refractivity contribution in [3.63, 3.8) is 0 Å². The summed E-state index contributed by atoms with van der Waals surface area (Å²) in [4.78, 5) is 1.52. The van der Waals surface area contributed by atoms with E-state index < -0.39 is 0 Å². The summed E-state index contributed by atoms with van der Waals surface area (Å²) in [5.41, 5.74) is 0. The van der Waals surface area contributed by atoms with Crippen molar-refractivity contribution in [3.05, 3.63) is 22.4 Å². The molecule has 0 saturated carbocycles. The molecule has 19 heavy (non-hydrogen) atoms. The highest BCUT2D eigenvalue weighted by Gasteiger charge is 2.23. The van der Waals surface area contributed by atoms with Crippen LogP contribution in [0.4, 0.5) is 0 Å². The summed E-state index contributed by atoms with van der Waals surface area (Å²) >= 11 is 1.88. The molecule has 0 bridgehead atoms. The lowest BCUT2D eigenvalue weighted by Gasteiger charge is -2.31. The van der Waals surface area contributed by atoms with Crippen LogP contribution in [0.5, 0.6) is 0 Å². The highest BCUT2D eigenvalue weighted by molar-refractivity contribution is 7.09. The zero-order chi connectivity index (χ0) is 13.3. The lowest BCUT2D eigenvalue weighted by atomic mass is 9.90. The minimum atomic E-state index is 0.653. The van der Waals surface area contributed by atoms with Crippen molar-refractivity contribution >= 4 is 11.3 Å². The molecular weight excluding hydrogens is 254 g/mol. The van der Waals surface area contributed by atoms with E-state index in [0.29, 0.717) is 6.04 Å². The molecule has 1 aliphatic rings. The van der Waals surface area contributed by atoms with Crippen molar-refractivity contribution in [2.24, 2.45) is 5.92 Å². The van der Waals surface area contributed by atoms with Crippen LogP contribution in [-0.4, -0.2) is 25.8 Å². The summed E-state index contributed by atoms with van der Waals surface area (Å²) in [5.74, 6) is 0.726. The van der Waals surface area contributed by atoms with E-state index in [4.69, 9.17) is 4.74 Å². The van der Waals surface area contributed by atoms with Crippen molar-refractivity contribution in [1.82, 2.24) is 5.32 Å². The van der Waals surface area contributed by atoms with Gasteiger partial charge in [0, 0.05) is 17.5 Å². The second kappa shape index (κ2) is 8.72. The smallest absolute Gasteiger partial charge is 0.0509 e. The summed E-state index contributed by atoms with van der Waals surface area (Å²) in [7, 11) is 0. The highest BCUT2D eigenvalue weighted by atomic mass is 32.1. The van der Waals surface area contributed by atoms with Crippen LogP contribution in [-0.2, 0) is 11.2 Å². The number of ether oxygens (including phenoxy) is 1. The fourth-order valence-corrected chi connectivity index (χ4v) is 3.62. The predicted octanol–water partition coefficient (Wildman–Crippen LogP) is 3.87. The first-order chi connectivity index (χ1) is 9.40. The van der Waals surface area contributed by atoms with Crippen LogP contribution < -0.4 is 5.32 Å². The van der Waals surface area contributed by atoms with E-state index in [1.807, 2.05) is 11.3 Å². The molecule has 0 radical (unpaired) electrons. The van der Waals surface area contributed by atoms with Crippen LogP contribution in [0.2, 0.25) is 0 Å². The number of hydrogen-bond donors (Lipinski definition) is 1. The molecule has 3 heteroatoms. The molecule has 108 valence electrons. The van der Waals surface area contributed by atoms with Crippen LogP contribution in [0.1, 0.15) is 43.9 Å². The molecule has 1 aromatic rings. The molecule has 0 aliphatic carbocycles. The maximum atomic E-state index is 5.66. The van der Waals surface area contributed by atoms with Gasteiger partial charge in [-0.15, -0.1) is 11.3 Å². The SMILES string of the molecule is CCCNC(CCCc1cccs1)C1CCCOC1. The Kier molecular flexibility index (Phi) is 6.90. The largest absolute Gasteiger partial charge is 0.381 e. The Balaban J connectivity index is 1.75. The Morgan fingerprint density at radius 1 is 1.53 bits per heavy atom. The van der Waals surface area contributed by atoms with E-state index >= 15 is 0 Å². The third-order valence-corrected chi connectivity index (χ3v) is 4.88. The van der Waals surface area contributed by atoms with Crippen LogP contribution in [0.15, 0.2) is 17.5 Å². The third-order valence-electron chi connectivity index (χ3n) is 3.94. The molecule has 2 rings (SSSR count). The summed E-state index contributed by atoms with van der Waals surface area (Å²) < 4.78 is 5.66. The van der Waals surface area contributed by atoms with E-state index in [2.05, 4.69) is 29.8 Å². The topological polar surface area (TPSA) is 21.3 Å². The molecule has 1 aromatic heterocycles. The maximum Gasteiger partial charge on any atom is 0.0509 e. The normalized spacial score (nSPS) is 21.4. The average Bonchev–Trinajstić information content (AvgIpc) is 2.97. The molecule has 2 unspecified atom stereocenters. The maximum absolute atomic E-state index is 5.66. The molecule has 1 N–H and O–H groups in total. The zero-order valence-electron chi connectivity index (χ0n) is 12.1. The van der Waals surface area contributed by atoms with Gasteiger partial charge in [-0.1, -0.05) is 13.0 Å². The van der Waals surface area contributed by atoms with Crippen LogP contribution in [0.25, 0.3) is 0 Å². The van der Waals surface area contributed by atoms with E-state index in [0.717, 1.165) is 25.7 Å². The molecule has 0 amide bonds. The van der Waals surface area contributed by atoms with Gasteiger partial charge in [-0.05, 0) is 62.4 Å². The Hall–Kier alpha value is -0.380. The van der Waals surface area contributed by atoms with E-state index in [-0.39, 0.29) is 0 Å². The lowest BCUT2D eigenvalue weighted by Crippen LogP contribution is -2.40. The standard InChI is InChI=1S/C16H27NOS/c1-2-10-17-16(14-6-4-11-18-13-14)9-3-7-15-8-5-12-19-15/h5,8,12,14,16-17H,2-4,6-7,9-11,13H2,1H3. The molecule has 1 saturated heterocycles. The van der Waals surface area contributed by atoms with Crippen molar-refractivity contribution in [2.75, 3.05) is 19.8 Å². The minimum Gasteiger partial charge on any atom is -0.381 e.